The predicted molar refractivity (Wildman–Crippen MR) is 118 cm³/mol. The molecule has 0 heterocycles. The van der Waals surface area contributed by atoms with Gasteiger partial charge in [-0.15, -0.1) is 0 Å². The Kier molecular flexibility index (Phi) is 11.8. The summed E-state index contributed by atoms with van der Waals surface area (Å²) in [5.74, 6) is 0. The van der Waals surface area contributed by atoms with Crippen molar-refractivity contribution in [1.29, 1.82) is 0 Å². The average Bonchev–Trinajstić information content (AvgIpc) is 2.62. The summed E-state index contributed by atoms with van der Waals surface area (Å²) in [7, 11) is -3.13. The molecule has 1 atom stereocenters. The van der Waals surface area contributed by atoms with Crippen LogP contribution in [0.4, 0.5) is 0 Å². The summed E-state index contributed by atoms with van der Waals surface area (Å²) in [6.07, 6.45) is 5.77. The van der Waals surface area contributed by atoms with Crippen LogP contribution in [0, 0.1) is 5.41 Å². The molecule has 0 fully saturated rings. The van der Waals surface area contributed by atoms with Crippen molar-refractivity contribution >= 4 is 16.6 Å². The molecule has 0 aliphatic rings. The van der Waals surface area contributed by atoms with Gasteiger partial charge in [0.2, 0.25) is 0 Å². The van der Waals surface area contributed by atoms with Crippen molar-refractivity contribution < 1.29 is 8.85 Å². The Balaban J connectivity index is 5.23. The van der Waals surface area contributed by atoms with Crippen molar-refractivity contribution in [2.45, 2.75) is 111 Å². The van der Waals surface area contributed by atoms with E-state index in [-0.39, 0.29) is 11.5 Å². The van der Waals surface area contributed by atoms with Crippen LogP contribution in [0.1, 0.15) is 68.7 Å². The van der Waals surface area contributed by atoms with E-state index in [1.165, 1.54) is 36.3 Å². The highest BCUT2D eigenvalue weighted by Gasteiger charge is 2.38. The highest BCUT2D eigenvalue weighted by Crippen LogP contribution is 2.34. The van der Waals surface area contributed by atoms with Crippen molar-refractivity contribution in [2.75, 3.05) is 6.61 Å². The summed E-state index contributed by atoms with van der Waals surface area (Å²) >= 11 is 0. The first-order valence-electron chi connectivity index (χ1n) is 10.7. The van der Waals surface area contributed by atoms with Crippen LogP contribution in [-0.4, -0.2) is 29.3 Å². The van der Waals surface area contributed by atoms with Crippen LogP contribution in [0.25, 0.3) is 0 Å². The van der Waals surface area contributed by atoms with E-state index in [4.69, 9.17) is 8.85 Å². The van der Waals surface area contributed by atoms with Crippen molar-refractivity contribution in [3.63, 3.8) is 0 Å². The Bertz CT molecular complexity index is 356. The maximum atomic E-state index is 6.94. The summed E-state index contributed by atoms with van der Waals surface area (Å²) in [5.41, 5.74) is 0.0602. The molecular formula is C21H46O2Si2. The molecule has 0 spiro atoms. The third-order valence-corrected chi connectivity index (χ3v) is 15.8. The first-order chi connectivity index (χ1) is 11.7. The van der Waals surface area contributed by atoms with Crippen LogP contribution >= 0.6 is 0 Å². The summed E-state index contributed by atoms with van der Waals surface area (Å²) in [5, 5.41) is 0. The molecule has 0 saturated carbocycles. The molecule has 0 aliphatic heterocycles. The zero-order valence-corrected chi connectivity index (χ0v) is 20.7. The maximum Gasteiger partial charge on any atom is 0.192 e. The molecule has 0 radical (unpaired) electrons. The number of hydrogen-bond acceptors (Lipinski definition) is 2. The minimum Gasteiger partial charge on any atom is -0.417 e. The Hall–Kier alpha value is 0.0938. The van der Waals surface area contributed by atoms with Crippen molar-refractivity contribution in [3.05, 3.63) is 12.2 Å². The Morgan fingerprint density at radius 1 is 0.800 bits per heavy atom. The number of rotatable bonds is 14. The molecule has 0 aromatic rings. The third-order valence-electron chi connectivity index (χ3n) is 6.47. The van der Waals surface area contributed by atoms with Gasteiger partial charge in [0.1, 0.15) is 0 Å². The van der Waals surface area contributed by atoms with Gasteiger partial charge in [0.05, 0.1) is 6.10 Å². The third kappa shape index (κ3) is 7.32. The van der Waals surface area contributed by atoms with E-state index in [9.17, 15) is 0 Å². The normalized spacial score (nSPS) is 15.1. The lowest BCUT2D eigenvalue weighted by Gasteiger charge is -2.41. The summed E-state index contributed by atoms with van der Waals surface area (Å²) < 4.78 is 13.5. The number of allylic oxidation sites excluding steroid dienone is 1. The lowest BCUT2D eigenvalue weighted by molar-refractivity contribution is 0.0702. The summed E-state index contributed by atoms with van der Waals surface area (Å²) in [6.45, 7) is 21.5. The molecule has 25 heavy (non-hydrogen) atoms. The van der Waals surface area contributed by atoms with E-state index in [0.717, 1.165) is 13.0 Å². The molecule has 4 heteroatoms. The van der Waals surface area contributed by atoms with Gasteiger partial charge in [0.25, 0.3) is 0 Å². The molecule has 0 aliphatic carbocycles. The van der Waals surface area contributed by atoms with Crippen LogP contribution in [0.3, 0.4) is 0 Å². The van der Waals surface area contributed by atoms with Gasteiger partial charge < -0.3 is 8.85 Å². The molecule has 0 unspecified atom stereocenters. The zero-order valence-electron chi connectivity index (χ0n) is 18.7. The van der Waals surface area contributed by atoms with E-state index in [1.807, 2.05) is 0 Å². The fourth-order valence-electron chi connectivity index (χ4n) is 3.86. The Morgan fingerprint density at radius 3 is 1.60 bits per heavy atom. The molecule has 2 nitrogen and oxygen atoms in total. The van der Waals surface area contributed by atoms with Gasteiger partial charge >= 0.3 is 0 Å². The second-order valence-corrected chi connectivity index (χ2v) is 17.6. The molecule has 0 aromatic heterocycles. The number of hydrogen-bond donors (Lipinski definition) is 0. The average molecular weight is 387 g/mol. The lowest BCUT2D eigenvalue weighted by atomic mass is 9.84. The molecular weight excluding hydrogens is 340 g/mol. The zero-order chi connectivity index (χ0) is 19.6. The first-order valence-corrected chi connectivity index (χ1v) is 15.8. The molecule has 150 valence electrons. The monoisotopic (exact) mass is 386 g/mol. The second kappa shape index (κ2) is 11.7. The van der Waals surface area contributed by atoms with E-state index in [1.54, 1.807) is 0 Å². The molecule has 0 bridgehead atoms. The van der Waals surface area contributed by atoms with Gasteiger partial charge in [-0.25, -0.2) is 0 Å². The van der Waals surface area contributed by atoms with E-state index in [0.29, 0.717) is 0 Å². The lowest BCUT2D eigenvalue weighted by Crippen LogP contribution is -2.46. The summed E-state index contributed by atoms with van der Waals surface area (Å²) in [4.78, 5) is 0. The fraction of sp³-hybridized carbons (Fsp3) is 0.905. The second-order valence-electron chi connectivity index (χ2n) is 8.05. The predicted octanol–water partition coefficient (Wildman–Crippen LogP) is 7.39. The van der Waals surface area contributed by atoms with Gasteiger partial charge in [-0.05, 0) is 49.6 Å². The van der Waals surface area contributed by atoms with Crippen LogP contribution in [0.5, 0.6) is 0 Å². The van der Waals surface area contributed by atoms with Crippen LogP contribution < -0.4 is 0 Å². The van der Waals surface area contributed by atoms with Crippen LogP contribution in [-0.2, 0) is 8.85 Å². The highest BCUT2D eigenvalue weighted by molar-refractivity contribution is 6.74. The largest absolute Gasteiger partial charge is 0.417 e. The SMILES string of the molecule is C/C=C/C(C)(C)[C@H](CCO[Si](CC)(CC)CC)O[Si](CC)(CC)CC. The fourth-order valence-corrected chi connectivity index (χ4v) is 9.55. The highest BCUT2D eigenvalue weighted by atomic mass is 28.4. The van der Waals surface area contributed by atoms with Gasteiger partial charge in [0, 0.05) is 12.0 Å². The molecule has 0 rings (SSSR count). The van der Waals surface area contributed by atoms with Gasteiger partial charge in [-0.3, -0.25) is 0 Å². The molecule has 0 amide bonds. The minimum atomic E-state index is -1.62. The van der Waals surface area contributed by atoms with Crippen molar-refractivity contribution in [2.24, 2.45) is 5.41 Å². The van der Waals surface area contributed by atoms with Gasteiger partial charge in [-0.2, -0.15) is 0 Å². The van der Waals surface area contributed by atoms with Crippen LogP contribution in [0.2, 0.25) is 36.3 Å². The topological polar surface area (TPSA) is 18.5 Å². The smallest absolute Gasteiger partial charge is 0.192 e. The maximum absolute atomic E-state index is 6.94. The van der Waals surface area contributed by atoms with Crippen LogP contribution in [0.15, 0.2) is 12.2 Å². The summed E-state index contributed by atoms with van der Waals surface area (Å²) in [6, 6.07) is 7.30. The minimum absolute atomic E-state index is 0.0602. The quantitative estimate of drug-likeness (QED) is 0.229. The first kappa shape index (κ1) is 25.1. The molecule has 0 N–H and O–H groups in total. The van der Waals surface area contributed by atoms with E-state index < -0.39 is 16.6 Å². The van der Waals surface area contributed by atoms with E-state index >= 15 is 0 Å². The Labute approximate surface area is 161 Å². The van der Waals surface area contributed by atoms with Gasteiger partial charge in [-0.1, -0.05) is 67.5 Å². The van der Waals surface area contributed by atoms with Crippen molar-refractivity contribution in [3.8, 4) is 0 Å². The van der Waals surface area contributed by atoms with Gasteiger partial charge in [0.15, 0.2) is 16.6 Å². The van der Waals surface area contributed by atoms with E-state index in [2.05, 4.69) is 74.5 Å². The van der Waals surface area contributed by atoms with Crippen molar-refractivity contribution in [1.82, 2.24) is 0 Å². The molecule has 0 aromatic carbocycles. The molecule has 0 saturated heterocycles. The Morgan fingerprint density at radius 2 is 1.24 bits per heavy atom. The standard InChI is InChI=1S/C21H46O2Si2/c1-10-18-21(8,9)20(23-25(14-5,15-6)16-7)17-19-22-24(11-2,12-3)13-4/h10,18,20H,11-17,19H2,1-9H3/b18-10+/t20-/m0/s1.